The Morgan fingerprint density at radius 1 is 1.20 bits per heavy atom. The number of aromatic nitrogens is 1. The zero-order valence-electron chi connectivity index (χ0n) is 8.25. The second-order valence-electron chi connectivity index (χ2n) is 3.39. The molecule has 15 heavy (non-hydrogen) atoms. The second-order valence-corrected chi connectivity index (χ2v) is 3.39. The molecule has 1 aromatic carbocycles. The normalized spacial score (nSPS) is 10.3. The van der Waals surface area contributed by atoms with Crippen molar-refractivity contribution in [3.63, 3.8) is 0 Å². The Labute approximate surface area is 86.4 Å². The van der Waals surface area contributed by atoms with E-state index in [4.69, 9.17) is 0 Å². The number of rotatable bonds is 1. The van der Waals surface area contributed by atoms with Gasteiger partial charge in [0, 0.05) is 17.3 Å². The fourth-order valence-electron chi connectivity index (χ4n) is 1.53. The van der Waals surface area contributed by atoms with Gasteiger partial charge in [0.1, 0.15) is 5.82 Å². The molecule has 0 atom stereocenters. The van der Waals surface area contributed by atoms with E-state index in [0.717, 1.165) is 11.1 Å². The third-order valence-electron chi connectivity index (χ3n) is 2.25. The third-order valence-corrected chi connectivity index (χ3v) is 2.25. The molecule has 76 valence electrons. The van der Waals surface area contributed by atoms with E-state index in [2.05, 4.69) is 4.98 Å². The Bertz CT molecular complexity index is 545. The molecule has 1 aromatic heterocycles. The van der Waals surface area contributed by atoms with Crippen LogP contribution in [-0.2, 0) is 0 Å². The van der Waals surface area contributed by atoms with Crippen molar-refractivity contribution in [3.05, 3.63) is 58.1 Å². The molecular formula is C12H10FNO. The van der Waals surface area contributed by atoms with E-state index < -0.39 is 0 Å². The van der Waals surface area contributed by atoms with Gasteiger partial charge < -0.3 is 4.98 Å². The molecule has 1 heterocycles. The molecule has 0 saturated heterocycles. The van der Waals surface area contributed by atoms with Crippen molar-refractivity contribution in [2.45, 2.75) is 6.92 Å². The first kappa shape index (κ1) is 9.65. The number of hydrogen-bond acceptors (Lipinski definition) is 1. The van der Waals surface area contributed by atoms with Gasteiger partial charge in [-0.1, -0.05) is 6.07 Å². The zero-order valence-corrected chi connectivity index (χ0v) is 8.25. The molecule has 0 aliphatic carbocycles. The number of pyridine rings is 1. The van der Waals surface area contributed by atoms with Gasteiger partial charge in [-0.05, 0) is 36.8 Å². The molecule has 0 bridgehead atoms. The lowest BCUT2D eigenvalue weighted by atomic mass is 10.1. The molecule has 2 rings (SSSR count). The highest BCUT2D eigenvalue weighted by Crippen LogP contribution is 2.20. The van der Waals surface area contributed by atoms with Gasteiger partial charge in [0.25, 0.3) is 0 Å². The molecule has 2 nitrogen and oxygen atoms in total. The summed E-state index contributed by atoms with van der Waals surface area (Å²) in [6.07, 6.45) is 0. The summed E-state index contributed by atoms with van der Waals surface area (Å²) < 4.78 is 12.9. The van der Waals surface area contributed by atoms with Crippen molar-refractivity contribution in [1.29, 1.82) is 0 Å². The average molecular weight is 203 g/mol. The largest absolute Gasteiger partial charge is 0.322 e. The maximum atomic E-state index is 12.9. The number of hydrogen-bond donors (Lipinski definition) is 1. The van der Waals surface area contributed by atoms with Crippen LogP contribution >= 0.6 is 0 Å². The summed E-state index contributed by atoms with van der Waals surface area (Å²) >= 11 is 0. The Morgan fingerprint density at radius 3 is 2.67 bits per heavy atom. The van der Waals surface area contributed by atoms with Crippen LogP contribution in [0.15, 0.2) is 41.2 Å². The number of aryl methyl sites for hydroxylation is 1. The molecule has 0 unspecified atom stereocenters. The monoisotopic (exact) mass is 203 g/mol. The molecule has 0 radical (unpaired) electrons. The van der Waals surface area contributed by atoms with Crippen LogP contribution in [0.3, 0.4) is 0 Å². The van der Waals surface area contributed by atoms with Gasteiger partial charge in [0.05, 0.1) is 0 Å². The molecule has 0 aliphatic heterocycles. The van der Waals surface area contributed by atoms with E-state index >= 15 is 0 Å². The Kier molecular flexibility index (Phi) is 2.37. The third kappa shape index (κ3) is 1.96. The predicted octanol–water partition coefficient (Wildman–Crippen LogP) is 2.49. The average Bonchev–Trinajstić information content (AvgIpc) is 2.17. The molecular weight excluding hydrogens is 193 g/mol. The highest BCUT2D eigenvalue weighted by molar-refractivity contribution is 5.62. The van der Waals surface area contributed by atoms with Gasteiger partial charge in [-0.15, -0.1) is 0 Å². The van der Waals surface area contributed by atoms with Crippen molar-refractivity contribution in [1.82, 2.24) is 4.98 Å². The summed E-state index contributed by atoms with van der Waals surface area (Å²) in [6, 6.07) is 9.41. The lowest BCUT2D eigenvalue weighted by Gasteiger charge is -2.05. The van der Waals surface area contributed by atoms with Crippen LogP contribution in [0.4, 0.5) is 4.39 Å². The van der Waals surface area contributed by atoms with Crippen molar-refractivity contribution in [2.24, 2.45) is 0 Å². The minimum absolute atomic E-state index is 0.156. The van der Waals surface area contributed by atoms with Gasteiger partial charge in [-0.25, -0.2) is 4.39 Å². The lowest BCUT2D eigenvalue weighted by molar-refractivity contribution is 0.627. The smallest absolute Gasteiger partial charge is 0.248 e. The first-order chi connectivity index (χ1) is 7.16. The summed E-state index contributed by atoms with van der Waals surface area (Å²) in [5, 5.41) is 0. The molecule has 0 spiro atoms. The summed E-state index contributed by atoms with van der Waals surface area (Å²) in [5.41, 5.74) is 2.20. The van der Waals surface area contributed by atoms with Gasteiger partial charge >= 0.3 is 0 Å². The van der Waals surface area contributed by atoms with Crippen LogP contribution in [0.25, 0.3) is 11.3 Å². The Morgan fingerprint density at radius 2 is 2.00 bits per heavy atom. The topological polar surface area (TPSA) is 32.9 Å². The van der Waals surface area contributed by atoms with Crippen LogP contribution in [0.5, 0.6) is 0 Å². The number of aromatic amines is 1. The quantitative estimate of drug-likeness (QED) is 0.758. The van der Waals surface area contributed by atoms with Crippen molar-refractivity contribution >= 4 is 0 Å². The fraction of sp³-hybridized carbons (Fsp3) is 0.0833. The maximum absolute atomic E-state index is 12.9. The van der Waals surface area contributed by atoms with E-state index in [9.17, 15) is 9.18 Å². The fourth-order valence-corrected chi connectivity index (χ4v) is 1.53. The highest BCUT2D eigenvalue weighted by Gasteiger charge is 2.03. The summed E-state index contributed by atoms with van der Waals surface area (Å²) in [4.78, 5) is 13.8. The Hall–Kier alpha value is -1.90. The van der Waals surface area contributed by atoms with Crippen molar-refractivity contribution in [3.8, 4) is 11.3 Å². The molecule has 0 fully saturated rings. The first-order valence-corrected chi connectivity index (χ1v) is 4.63. The summed E-state index contributed by atoms with van der Waals surface area (Å²) in [6.45, 7) is 1.81. The molecule has 3 heteroatoms. The van der Waals surface area contributed by atoms with Gasteiger partial charge in [-0.3, -0.25) is 4.79 Å². The van der Waals surface area contributed by atoms with E-state index in [0.29, 0.717) is 5.69 Å². The SMILES string of the molecule is Cc1cc(F)ccc1-c1cccc(=O)[nH]1. The number of halogens is 1. The predicted molar refractivity (Wildman–Crippen MR) is 57.2 cm³/mol. The summed E-state index contributed by atoms with van der Waals surface area (Å²) in [7, 11) is 0. The van der Waals surface area contributed by atoms with Crippen molar-refractivity contribution < 1.29 is 4.39 Å². The molecule has 0 aliphatic rings. The number of H-pyrrole nitrogens is 1. The van der Waals surface area contributed by atoms with Gasteiger partial charge in [0.2, 0.25) is 5.56 Å². The highest BCUT2D eigenvalue weighted by atomic mass is 19.1. The van der Waals surface area contributed by atoms with Crippen LogP contribution in [0.1, 0.15) is 5.56 Å². The molecule has 2 aromatic rings. The standard InChI is InChI=1S/C12H10FNO/c1-8-7-9(13)5-6-10(8)11-3-2-4-12(15)14-11/h2-7H,1H3,(H,14,15). The zero-order chi connectivity index (χ0) is 10.8. The van der Waals surface area contributed by atoms with E-state index in [1.807, 2.05) is 6.92 Å². The molecule has 1 N–H and O–H groups in total. The Balaban J connectivity index is 2.59. The number of nitrogens with one attached hydrogen (secondary N) is 1. The minimum atomic E-state index is -0.269. The lowest BCUT2D eigenvalue weighted by Crippen LogP contribution is -2.04. The molecule has 0 saturated carbocycles. The van der Waals surface area contributed by atoms with Crippen LogP contribution in [-0.4, -0.2) is 4.98 Å². The maximum Gasteiger partial charge on any atom is 0.248 e. The van der Waals surface area contributed by atoms with Crippen LogP contribution in [0.2, 0.25) is 0 Å². The number of benzene rings is 1. The van der Waals surface area contributed by atoms with E-state index in [1.165, 1.54) is 18.2 Å². The van der Waals surface area contributed by atoms with Crippen molar-refractivity contribution in [2.75, 3.05) is 0 Å². The molecule has 0 amide bonds. The van der Waals surface area contributed by atoms with Gasteiger partial charge in [0.15, 0.2) is 0 Å². The van der Waals surface area contributed by atoms with Crippen LogP contribution in [0, 0.1) is 12.7 Å². The first-order valence-electron chi connectivity index (χ1n) is 4.63. The minimum Gasteiger partial charge on any atom is -0.322 e. The summed E-state index contributed by atoms with van der Waals surface area (Å²) in [5.74, 6) is -0.269. The van der Waals surface area contributed by atoms with Gasteiger partial charge in [-0.2, -0.15) is 0 Å². The van der Waals surface area contributed by atoms with E-state index in [-0.39, 0.29) is 11.4 Å². The van der Waals surface area contributed by atoms with E-state index in [1.54, 1.807) is 18.2 Å². The van der Waals surface area contributed by atoms with Crippen LogP contribution < -0.4 is 5.56 Å². The second kappa shape index (κ2) is 3.69.